The summed E-state index contributed by atoms with van der Waals surface area (Å²) >= 11 is 0. The van der Waals surface area contributed by atoms with Gasteiger partial charge in [0.05, 0.1) is 30.3 Å². The number of rotatable bonds is 6. The summed E-state index contributed by atoms with van der Waals surface area (Å²) in [5, 5.41) is 16.2. The van der Waals surface area contributed by atoms with E-state index >= 15 is 0 Å². The van der Waals surface area contributed by atoms with Gasteiger partial charge in [-0.1, -0.05) is 0 Å². The van der Waals surface area contributed by atoms with Crippen LogP contribution in [-0.4, -0.2) is 112 Å². The fourth-order valence-corrected chi connectivity index (χ4v) is 7.95. The van der Waals surface area contributed by atoms with Gasteiger partial charge >= 0.3 is 0 Å². The van der Waals surface area contributed by atoms with Crippen LogP contribution in [0.5, 0.6) is 0 Å². The zero-order valence-corrected chi connectivity index (χ0v) is 20.4. The van der Waals surface area contributed by atoms with Crippen LogP contribution < -0.4 is 20.9 Å². The fraction of sp³-hybridized carbons (Fsp3) is 0.952. The molecule has 4 heterocycles. The minimum atomic E-state index is -3.53. The summed E-state index contributed by atoms with van der Waals surface area (Å²) in [4.78, 5) is 2.39. The van der Waals surface area contributed by atoms with Crippen LogP contribution in [0.15, 0.2) is 0 Å². The first-order valence-electron chi connectivity index (χ1n) is 12.3. The summed E-state index contributed by atoms with van der Waals surface area (Å²) in [6, 6.07) is 2.63. The lowest BCUT2D eigenvalue weighted by molar-refractivity contribution is 0.00325. The van der Waals surface area contributed by atoms with E-state index in [1.54, 1.807) is 7.11 Å². The van der Waals surface area contributed by atoms with Crippen LogP contribution >= 0.6 is 0 Å². The van der Waals surface area contributed by atoms with Gasteiger partial charge in [-0.3, -0.25) is 15.8 Å². The maximum absolute atomic E-state index is 13.5. The highest BCUT2D eigenvalue weighted by Crippen LogP contribution is 2.33. The third kappa shape index (κ3) is 4.68. The van der Waals surface area contributed by atoms with Gasteiger partial charge in [0.1, 0.15) is 5.25 Å². The maximum Gasteiger partial charge on any atom is 0.217 e. The SMILES string of the molecule is COC1CCC2CNN(C)C2C1NS(=O)(=O)C1CNN(C2CC(N3CC(C#N)C3)CCN2)C1. The normalized spacial score (nSPS) is 41.5. The van der Waals surface area contributed by atoms with Gasteiger partial charge in [0.15, 0.2) is 0 Å². The summed E-state index contributed by atoms with van der Waals surface area (Å²) in [5.41, 5.74) is 6.71. The lowest BCUT2D eigenvalue weighted by Crippen LogP contribution is -2.61. The Bertz CT molecular complexity index is 847. The number of nitrogens with one attached hydrogen (secondary N) is 4. The minimum absolute atomic E-state index is 0.0958. The van der Waals surface area contributed by atoms with Crippen LogP contribution in [0.3, 0.4) is 0 Å². The Hall–Kier alpha value is -0.880. The molecule has 0 bridgehead atoms. The second-order valence-electron chi connectivity index (χ2n) is 10.3. The molecule has 12 heteroatoms. The average molecular weight is 483 g/mol. The molecule has 1 aliphatic carbocycles. The van der Waals surface area contributed by atoms with E-state index in [-0.39, 0.29) is 30.3 Å². The number of likely N-dealkylation sites (N-methyl/N-ethyl adjacent to an activating group) is 1. The van der Waals surface area contributed by atoms with Crippen LogP contribution in [0.4, 0.5) is 0 Å². The van der Waals surface area contributed by atoms with E-state index in [1.807, 2.05) is 7.05 Å². The highest BCUT2D eigenvalue weighted by molar-refractivity contribution is 7.90. The first-order valence-corrected chi connectivity index (χ1v) is 13.8. The van der Waals surface area contributed by atoms with Gasteiger partial charge in [-0.2, -0.15) is 5.26 Å². The quantitative estimate of drug-likeness (QED) is 0.346. The predicted octanol–water partition coefficient (Wildman–Crippen LogP) is -1.76. The van der Waals surface area contributed by atoms with Crippen molar-refractivity contribution in [2.45, 2.75) is 61.3 Å². The summed E-state index contributed by atoms with van der Waals surface area (Å²) in [6.07, 6.45) is 3.88. The number of hydrogen-bond donors (Lipinski definition) is 4. The van der Waals surface area contributed by atoms with Crippen LogP contribution in [0.2, 0.25) is 0 Å². The molecule has 33 heavy (non-hydrogen) atoms. The van der Waals surface area contributed by atoms with Crippen molar-refractivity contribution < 1.29 is 13.2 Å². The number of ether oxygens (including phenoxy) is 1. The van der Waals surface area contributed by atoms with Gasteiger partial charge < -0.3 is 10.1 Å². The Morgan fingerprint density at radius 3 is 2.70 bits per heavy atom. The molecule has 1 saturated carbocycles. The predicted molar refractivity (Wildman–Crippen MR) is 123 cm³/mol. The topological polar surface area (TPSA) is 125 Å². The molecule has 0 aromatic rings. The van der Waals surface area contributed by atoms with Gasteiger partial charge in [-0.25, -0.2) is 23.2 Å². The number of methoxy groups -OCH3 is 1. The number of sulfonamides is 1. The van der Waals surface area contributed by atoms with Crippen molar-refractivity contribution in [1.29, 1.82) is 5.26 Å². The molecule has 5 fully saturated rings. The molecular weight excluding hydrogens is 444 g/mol. The molecule has 0 aromatic heterocycles. The number of hydrazine groups is 2. The standard InChI is InChI=1S/C21H38N8O3S/c1-27-21-15(9-24-27)3-4-18(32-2)20(21)26-33(30,31)17-10-25-29(13-17)19-7-16(5-6-23-19)28-11-14(8-22)12-28/h14-21,23-26H,3-7,9-13H2,1-2H3. The van der Waals surface area contributed by atoms with E-state index in [0.717, 1.165) is 51.9 Å². The van der Waals surface area contributed by atoms with Crippen LogP contribution in [-0.2, 0) is 14.8 Å². The van der Waals surface area contributed by atoms with Crippen molar-refractivity contribution in [3.63, 3.8) is 0 Å². The largest absolute Gasteiger partial charge is 0.380 e. The molecule has 0 radical (unpaired) electrons. The van der Waals surface area contributed by atoms with Gasteiger partial charge in [-0.15, -0.1) is 0 Å². The number of fused-ring (bicyclic) bond motifs is 1. The molecule has 4 saturated heterocycles. The van der Waals surface area contributed by atoms with E-state index in [1.165, 1.54) is 0 Å². The first-order chi connectivity index (χ1) is 15.9. The Labute approximate surface area is 197 Å². The van der Waals surface area contributed by atoms with Crippen LogP contribution in [0, 0.1) is 23.2 Å². The molecule has 4 aliphatic heterocycles. The van der Waals surface area contributed by atoms with Gasteiger partial charge in [0.25, 0.3) is 0 Å². The van der Waals surface area contributed by atoms with E-state index < -0.39 is 15.3 Å². The Morgan fingerprint density at radius 2 is 1.94 bits per heavy atom. The van der Waals surface area contributed by atoms with Crippen LogP contribution in [0.1, 0.15) is 25.7 Å². The van der Waals surface area contributed by atoms with Crippen molar-refractivity contribution in [1.82, 2.24) is 35.8 Å². The zero-order chi connectivity index (χ0) is 23.2. The molecule has 11 nitrogen and oxygen atoms in total. The fourth-order valence-electron chi connectivity index (χ4n) is 6.43. The van der Waals surface area contributed by atoms with E-state index in [4.69, 9.17) is 10.00 Å². The Morgan fingerprint density at radius 1 is 1.12 bits per heavy atom. The number of nitrogens with zero attached hydrogens (tertiary/aromatic N) is 4. The molecule has 5 rings (SSSR count). The number of hydrogen-bond acceptors (Lipinski definition) is 10. The maximum atomic E-state index is 13.5. The highest BCUT2D eigenvalue weighted by atomic mass is 32.2. The molecular formula is C21H38N8O3S. The van der Waals surface area contributed by atoms with Gasteiger partial charge in [0.2, 0.25) is 10.0 Å². The van der Waals surface area contributed by atoms with E-state index in [9.17, 15) is 8.42 Å². The lowest BCUT2D eigenvalue weighted by Gasteiger charge is -2.46. The van der Waals surface area contributed by atoms with Gasteiger partial charge in [-0.05, 0) is 38.1 Å². The van der Waals surface area contributed by atoms with E-state index in [2.05, 4.69) is 41.9 Å². The van der Waals surface area contributed by atoms with Crippen molar-refractivity contribution in [3.8, 4) is 6.07 Å². The number of nitriles is 1. The summed E-state index contributed by atoms with van der Waals surface area (Å²) in [7, 11) is 0.134. The molecule has 186 valence electrons. The number of piperidine rings is 1. The Balaban J connectivity index is 1.20. The Kier molecular flexibility index (Phi) is 6.96. The zero-order valence-electron chi connectivity index (χ0n) is 19.6. The third-order valence-electron chi connectivity index (χ3n) is 8.43. The average Bonchev–Trinajstić information content (AvgIpc) is 3.42. The smallest absolute Gasteiger partial charge is 0.217 e. The molecule has 0 spiro atoms. The molecule has 7 atom stereocenters. The van der Waals surface area contributed by atoms with Gasteiger partial charge in [0, 0.05) is 59.0 Å². The summed E-state index contributed by atoms with van der Waals surface area (Å²) in [6.45, 7) is 4.36. The van der Waals surface area contributed by atoms with Crippen molar-refractivity contribution in [2.75, 3.05) is 53.4 Å². The number of likely N-dealkylation sites (tertiary alicyclic amines) is 1. The highest BCUT2D eigenvalue weighted by Gasteiger charge is 2.48. The van der Waals surface area contributed by atoms with Crippen LogP contribution in [0.25, 0.3) is 0 Å². The second-order valence-corrected chi connectivity index (χ2v) is 12.3. The first kappa shape index (κ1) is 23.8. The van der Waals surface area contributed by atoms with E-state index in [0.29, 0.717) is 25.0 Å². The summed E-state index contributed by atoms with van der Waals surface area (Å²) in [5.74, 6) is 0.589. The monoisotopic (exact) mass is 482 g/mol. The van der Waals surface area contributed by atoms with Crippen molar-refractivity contribution >= 4 is 10.0 Å². The lowest BCUT2D eigenvalue weighted by atomic mass is 9.80. The van der Waals surface area contributed by atoms with Crippen molar-refractivity contribution in [3.05, 3.63) is 0 Å². The summed E-state index contributed by atoms with van der Waals surface area (Å²) < 4.78 is 35.7. The third-order valence-corrected chi connectivity index (χ3v) is 10.2. The second kappa shape index (κ2) is 9.64. The molecule has 0 amide bonds. The minimum Gasteiger partial charge on any atom is -0.380 e. The van der Waals surface area contributed by atoms with Crippen molar-refractivity contribution in [2.24, 2.45) is 11.8 Å². The molecule has 5 aliphatic rings. The molecule has 7 unspecified atom stereocenters. The molecule has 0 aromatic carbocycles. The molecule has 4 N–H and O–H groups in total.